The predicted molar refractivity (Wildman–Crippen MR) is 194 cm³/mol. The molecule has 0 aromatic heterocycles. The topological polar surface area (TPSA) is 152 Å². The number of nitrogens with zero attached hydrogens (tertiary/aromatic N) is 1. The van der Waals surface area contributed by atoms with Crippen molar-refractivity contribution in [3.05, 3.63) is 65.5 Å². The fourth-order valence-electron chi connectivity index (χ4n) is 5.72. The molecule has 0 saturated carbocycles. The average Bonchev–Trinajstić information content (AvgIpc) is 3.05. The summed E-state index contributed by atoms with van der Waals surface area (Å²) in [5.74, 6) is -2.40. The summed E-state index contributed by atoms with van der Waals surface area (Å²) < 4.78 is 31.7. The average molecular weight is 727 g/mol. The summed E-state index contributed by atoms with van der Waals surface area (Å²) in [6, 6.07) is 11.3. The molecule has 2 aromatic rings. The Kier molecular flexibility index (Phi) is 15.4. The number of benzene rings is 2. The van der Waals surface area contributed by atoms with Crippen LogP contribution in [0.4, 0.5) is 9.18 Å². The van der Waals surface area contributed by atoms with Gasteiger partial charge in [-0.2, -0.15) is 0 Å². The summed E-state index contributed by atoms with van der Waals surface area (Å²) in [4.78, 5) is 65.6. The van der Waals surface area contributed by atoms with E-state index in [1.54, 1.807) is 25.7 Å². The first-order valence-electron chi connectivity index (χ1n) is 17.9. The van der Waals surface area contributed by atoms with E-state index in [-0.39, 0.29) is 30.5 Å². The molecule has 0 spiro atoms. The van der Waals surface area contributed by atoms with E-state index < -0.39 is 59.2 Å². The minimum absolute atomic E-state index is 0.180. The molecule has 1 aliphatic rings. The summed E-state index contributed by atoms with van der Waals surface area (Å²) in [7, 11) is 0. The van der Waals surface area contributed by atoms with E-state index >= 15 is 0 Å². The highest BCUT2D eigenvalue weighted by atomic mass is 19.1. The zero-order valence-electron chi connectivity index (χ0n) is 31.5. The molecule has 2 aromatic carbocycles. The summed E-state index contributed by atoms with van der Waals surface area (Å²) in [6.07, 6.45) is 2.39. The fourth-order valence-corrected chi connectivity index (χ4v) is 5.72. The van der Waals surface area contributed by atoms with Gasteiger partial charge in [-0.25, -0.2) is 9.18 Å². The number of esters is 1. The lowest BCUT2D eigenvalue weighted by atomic mass is 9.95. The van der Waals surface area contributed by atoms with Crippen LogP contribution in [-0.2, 0) is 41.6 Å². The number of halogens is 1. The number of likely N-dealkylation sites (tertiary alicyclic amines) is 1. The minimum atomic E-state index is -1.28. The molecule has 13 heteroatoms. The van der Waals surface area contributed by atoms with Gasteiger partial charge in [0.1, 0.15) is 34.9 Å². The van der Waals surface area contributed by atoms with Crippen LogP contribution in [0.2, 0.25) is 0 Å². The smallest absolute Gasteiger partial charge is 0.410 e. The van der Waals surface area contributed by atoms with E-state index in [1.165, 1.54) is 25.1 Å². The maximum Gasteiger partial charge on any atom is 0.410 e. The normalized spacial score (nSPS) is 15.8. The van der Waals surface area contributed by atoms with Crippen molar-refractivity contribution in [2.45, 2.75) is 117 Å². The first-order chi connectivity index (χ1) is 24.4. The summed E-state index contributed by atoms with van der Waals surface area (Å²) in [5.41, 5.74) is -0.244. The van der Waals surface area contributed by atoms with Gasteiger partial charge in [-0.3, -0.25) is 19.2 Å². The summed E-state index contributed by atoms with van der Waals surface area (Å²) in [5, 5.41) is 7.87. The molecule has 1 aliphatic heterocycles. The van der Waals surface area contributed by atoms with E-state index in [0.29, 0.717) is 38.3 Å². The molecule has 0 aliphatic carbocycles. The van der Waals surface area contributed by atoms with Gasteiger partial charge in [-0.05, 0) is 103 Å². The highest BCUT2D eigenvalue weighted by Gasteiger charge is 2.30. The molecule has 0 bridgehead atoms. The van der Waals surface area contributed by atoms with E-state index in [4.69, 9.17) is 14.2 Å². The predicted octanol–water partition coefficient (Wildman–Crippen LogP) is 5.21. The van der Waals surface area contributed by atoms with Crippen LogP contribution >= 0.6 is 0 Å². The monoisotopic (exact) mass is 726 g/mol. The van der Waals surface area contributed by atoms with Gasteiger partial charge in [-0.1, -0.05) is 30.3 Å². The van der Waals surface area contributed by atoms with E-state index in [9.17, 15) is 28.4 Å². The first kappa shape index (κ1) is 41.7. The minimum Gasteiger partial charge on any atom is -0.494 e. The van der Waals surface area contributed by atoms with E-state index in [0.717, 1.165) is 18.4 Å². The lowest BCUT2D eigenvalue weighted by Gasteiger charge is -2.34. The second-order valence-electron chi connectivity index (χ2n) is 15.2. The number of ether oxygens (including phenoxy) is 3. The standard InChI is InChI=1S/C39H55FN4O8/c1-26(45)42-33(23-34(46)51-38(2,3)4)36(48)43-32(18-15-27-12-9-8-10-13-27)35(47)41-24-29-22-30(16-17-31(29)40)50-21-19-28-14-11-20-44(25-28)37(49)52-39(5,6)7/h8-10,12-13,16-17,22,28,32-33H,11,14-15,18-21,23-25H2,1-7H3,(H,41,47)(H,42,45)(H,43,48)/t28?,32-,33-/m0/s1. The Hall–Kier alpha value is -4.68. The number of hydrogen-bond donors (Lipinski definition) is 3. The SMILES string of the molecule is CC(=O)N[C@@H](CC(=O)OC(C)(C)C)C(=O)N[C@@H](CCc1ccccc1)C(=O)NCc1cc(OCCC2CCCN(C(=O)OC(C)(C)C)C2)ccc1F. The molecule has 3 rings (SSSR count). The Morgan fingerprint density at radius 2 is 1.60 bits per heavy atom. The van der Waals surface area contributed by atoms with Gasteiger partial charge < -0.3 is 35.1 Å². The number of aryl methyl sites for hydroxylation is 1. The Balaban J connectivity index is 1.63. The molecule has 1 fully saturated rings. The molecule has 52 heavy (non-hydrogen) atoms. The number of rotatable bonds is 15. The first-order valence-corrected chi connectivity index (χ1v) is 17.9. The van der Waals surface area contributed by atoms with Crippen molar-refractivity contribution in [2.75, 3.05) is 19.7 Å². The molecule has 3 N–H and O–H groups in total. The number of hydrogen-bond acceptors (Lipinski definition) is 8. The van der Waals surface area contributed by atoms with Crippen LogP contribution in [0.5, 0.6) is 5.75 Å². The highest BCUT2D eigenvalue weighted by molar-refractivity contribution is 5.94. The summed E-state index contributed by atoms with van der Waals surface area (Å²) >= 11 is 0. The fraction of sp³-hybridized carbons (Fsp3) is 0.564. The second-order valence-corrected chi connectivity index (χ2v) is 15.2. The Bertz CT molecular complexity index is 1520. The maximum atomic E-state index is 14.9. The molecule has 1 unspecified atom stereocenters. The van der Waals surface area contributed by atoms with Crippen LogP contribution < -0.4 is 20.7 Å². The van der Waals surface area contributed by atoms with Gasteiger partial charge in [0.15, 0.2) is 0 Å². The van der Waals surface area contributed by atoms with Crippen LogP contribution in [0.3, 0.4) is 0 Å². The quantitative estimate of drug-likeness (QED) is 0.212. The molecule has 1 saturated heterocycles. The lowest BCUT2D eigenvalue weighted by molar-refractivity contribution is -0.156. The molecular weight excluding hydrogens is 671 g/mol. The number of nitrogens with one attached hydrogen (secondary N) is 3. The van der Waals surface area contributed by atoms with Crippen molar-refractivity contribution in [3.8, 4) is 5.75 Å². The van der Waals surface area contributed by atoms with Gasteiger partial charge >= 0.3 is 12.1 Å². The lowest BCUT2D eigenvalue weighted by Crippen LogP contribution is -2.54. The van der Waals surface area contributed by atoms with Crippen molar-refractivity contribution in [2.24, 2.45) is 5.92 Å². The second kappa shape index (κ2) is 19.2. The highest BCUT2D eigenvalue weighted by Crippen LogP contribution is 2.23. The van der Waals surface area contributed by atoms with Gasteiger partial charge in [-0.15, -0.1) is 0 Å². The zero-order chi connectivity index (χ0) is 38.5. The van der Waals surface area contributed by atoms with Crippen LogP contribution in [0.25, 0.3) is 0 Å². The largest absolute Gasteiger partial charge is 0.494 e. The molecule has 4 amide bonds. The number of piperidine rings is 1. The molecule has 12 nitrogen and oxygen atoms in total. The number of carbonyl (C=O) groups excluding carboxylic acids is 5. The van der Waals surface area contributed by atoms with Crippen molar-refractivity contribution >= 4 is 29.8 Å². The van der Waals surface area contributed by atoms with E-state index in [2.05, 4.69) is 16.0 Å². The maximum absolute atomic E-state index is 14.9. The van der Waals surface area contributed by atoms with E-state index in [1.807, 2.05) is 51.1 Å². The molecule has 0 radical (unpaired) electrons. The zero-order valence-corrected chi connectivity index (χ0v) is 31.5. The Morgan fingerprint density at radius 1 is 0.904 bits per heavy atom. The van der Waals surface area contributed by atoms with Gasteiger partial charge in [0.05, 0.1) is 13.0 Å². The Labute approximate surface area is 306 Å². The molecular formula is C39H55FN4O8. The van der Waals surface area contributed by atoms with Gasteiger partial charge in [0, 0.05) is 32.1 Å². The van der Waals surface area contributed by atoms with Gasteiger partial charge in [0.25, 0.3) is 0 Å². The number of carbonyl (C=O) groups is 5. The molecule has 3 atom stereocenters. The third-order valence-corrected chi connectivity index (χ3v) is 8.12. The third-order valence-electron chi connectivity index (χ3n) is 8.12. The van der Waals surface area contributed by atoms with Crippen LogP contribution in [0, 0.1) is 11.7 Å². The van der Waals surface area contributed by atoms with Crippen molar-refractivity contribution in [1.82, 2.24) is 20.9 Å². The summed E-state index contributed by atoms with van der Waals surface area (Å²) in [6.45, 7) is 13.2. The van der Waals surface area contributed by atoms with Crippen molar-refractivity contribution in [3.63, 3.8) is 0 Å². The van der Waals surface area contributed by atoms with Crippen LogP contribution in [-0.4, -0.2) is 77.7 Å². The molecule has 286 valence electrons. The Morgan fingerprint density at radius 3 is 2.25 bits per heavy atom. The third kappa shape index (κ3) is 15.3. The molecule has 1 heterocycles. The van der Waals surface area contributed by atoms with Gasteiger partial charge in [0.2, 0.25) is 17.7 Å². The van der Waals surface area contributed by atoms with Crippen LogP contribution in [0.15, 0.2) is 48.5 Å². The van der Waals surface area contributed by atoms with Crippen LogP contribution in [0.1, 0.15) is 91.7 Å². The number of amides is 4. The van der Waals surface area contributed by atoms with Crippen molar-refractivity contribution in [1.29, 1.82) is 0 Å². The van der Waals surface area contributed by atoms with Crippen molar-refractivity contribution < 1.29 is 42.6 Å².